The molecule has 24 heavy (non-hydrogen) atoms. The first kappa shape index (κ1) is 17.9. The van der Waals surface area contributed by atoms with E-state index in [0.717, 1.165) is 0 Å². The molecule has 0 saturated carbocycles. The fraction of sp³-hybridized carbons (Fsp3) is 0.412. The summed E-state index contributed by atoms with van der Waals surface area (Å²) in [7, 11) is 0. The number of benzene rings is 1. The van der Waals surface area contributed by atoms with E-state index in [0.29, 0.717) is 11.5 Å². The largest absolute Gasteiger partial charge is 0.491 e. The molecule has 7 heteroatoms. The van der Waals surface area contributed by atoms with Gasteiger partial charge in [0.05, 0.1) is 0 Å². The molecule has 0 aliphatic carbocycles. The Kier molecular flexibility index (Phi) is 5.56. The van der Waals surface area contributed by atoms with Gasteiger partial charge in [-0.15, -0.1) is 0 Å². The molecule has 0 bridgehead atoms. The molecule has 1 heterocycles. The van der Waals surface area contributed by atoms with E-state index in [-0.39, 0.29) is 30.1 Å². The molecule has 6 nitrogen and oxygen atoms in total. The Hall–Kier alpha value is -2.41. The molecule has 2 aromatic rings. The summed E-state index contributed by atoms with van der Waals surface area (Å²) in [5.74, 6) is 0.244. The van der Waals surface area contributed by atoms with Crippen LogP contribution in [0.1, 0.15) is 37.0 Å². The molecule has 1 aromatic heterocycles. The van der Waals surface area contributed by atoms with Gasteiger partial charge in [0.25, 0.3) is 5.91 Å². The summed E-state index contributed by atoms with van der Waals surface area (Å²) in [6, 6.07) is 7.03. The van der Waals surface area contributed by atoms with Crippen molar-refractivity contribution in [3.63, 3.8) is 0 Å². The lowest BCUT2D eigenvalue weighted by molar-refractivity contribution is 0.0836. The number of aliphatic hydroxyl groups is 1. The van der Waals surface area contributed by atoms with Gasteiger partial charge >= 0.3 is 0 Å². The second-order valence-electron chi connectivity index (χ2n) is 6.46. The van der Waals surface area contributed by atoms with Crippen molar-refractivity contribution < 1.29 is 23.6 Å². The molecule has 130 valence electrons. The summed E-state index contributed by atoms with van der Waals surface area (Å²) in [5.41, 5.74) is -0.0832. The summed E-state index contributed by atoms with van der Waals surface area (Å²) in [5, 5.41) is 16.1. The van der Waals surface area contributed by atoms with Crippen molar-refractivity contribution in [3.05, 3.63) is 47.6 Å². The van der Waals surface area contributed by atoms with E-state index in [9.17, 15) is 14.3 Å². The molecule has 0 aliphatic rings. The van der Waals surface area contributed by atoms with Gasteiger partial charge in [0, 0.05) is 18.0 Å². The van der Waals surface area contributed by atoms with Crippen molar-refractivity contribution in [2.75, 3.05) is 13.2 Å². The van der Waals surface area contributed by atoms with Crippen LogP contribution in [0.4, 0.5) is 4.39 Å². The van der Waals surface area contributed by atoms with Crippen LogP contribution >= 0.6 is 0 Å². The number of rotatable bonds is 6. The van der Waals surface area contributed by atoms with Crippen molar-refractivity contribution in [2.24, 2.45) is 0 Å². The molecule has 1 atom stereocenters. The van der Waals surface area contributed by atoms with Gasteiger partial charge in [0.2, 0.25) is 0 Å². The summed E-state index contributed by atoms with van der Waals surface area (Å²) in [6.45, 7) is 5.82. The maximum Gasteiger partial charge on any atom is 0.273 e. The second kappa shape index (κ2) is 7.44. The number of halogens is 1. The minimum absolute atomic E-state index is 0.00224. The number of aliphatic hydroxyl groups excluding tert-OH is 1. The molecule has 1 amide bonds. The summed E-state index contributed by atoms with van der Waals surface area (Å²) in [6.07, 6.45) is -0.909. The monoisotopic (exact) mass is 336 g/mol. The Morgan fingerprint density at radius 3 is 2.62 bits per heavy atom. The van der Waals surface area contributed by atoms with Crippen LogP contribution < -0.4 is 10.1 Å². The summed E-state index contributed by atoms with van der Waals surface area (Å²) in [4.78, 5) is 12.0. The number of carbonyl (C=O) groups excluding carboxylic acids is 1. The Bertz CT molecular complexity index is 677. The summed E-state index contributed by atoms with van der Waals surface area (Å²) >= 11 is 0. The van der Waals surface area contributed by atoms with E-state index in [1.54, 1.807) is 6.07 Å². The molecule has 0 fully saturated rings. The maximum atomic E-state index is 12.8. The molecule has 1 unspecified atom stereocenters. The molecular formula is C17H21FN2O4. The van der Waals surface area contributed by atoms with Crippen molar-refractivity contribution in [2.45, 2.75) is 32.3 Å². The van der Waals surface area contributed by atoms with Gasteiger partial charge in [-0.25, -0.2) is 4.39 Å². The zero-order chi connectivity index (χ0) is 17.7. The first-order valence-corrected chi connectivity index (χ1v) is 7.57. The standard InChI is InChI=1S/C17H21FN2O4/c1-17(2,3)15-8-14(20-24-15)16(22)19-9-12(21)10-23-13-6-4-11(18)5-7-13/h4-8,12,21H,9-10H2,1-3H3,(H,19,22). The van der Waals surface area contributed by atoms with Crippen molar-refractivity contribution in [1.29, 1.82) is 0 Å². The molecule has 0 spiro atoms. The van der Waals surface area contributed by atoms with Crippen molar-refractivity contribution in [3.8, 4) is 5.75 Å². The van der Waals surface area contributed by atoms with E-state index in [4.69, 9.17) is 9.26 Å². The van der Waals surface area contributed by atoms with Gasteiger partial charge in [-0.2, -0.15) is 0 Å². The lowest BCUT2D eigenvalue weighted by Crippen LogP contribution is -2.35. The highest BCUT2D eigenvalue weighted by atomic mass is 19.1. The lowest BCUT2D eigenvalue weighted by Gasteiger charge is -2.13. The predicted molar refractivity (Wildman–Crippen MR) is 85.4 cm³/mol. The number of nitrogens with zero attached hydrogens (tertiary/aromatic N) is 1. The van der Waals surface area contributed by atoms with Crippen LogP contribution in [0.3, 0.4) is 0 Å². The number of ether oxygens (including phenoxy) is 1. The topological polar surface area (TPSA) is 84.6 Å². The van der Waals surface area contributed by atoms with Crippen LogP contribution in [0.15, 0.2) is 34.9 Å². The van der Waals surface area contributed by atoms with Gasteiger partial charge in [-0.1, -0.05) is 25.9 Å². The van der Waals surface area contributed by atoms with Gasteiger partial charge in [0.15, 0.2) is 5.69 Å². The first-order chi connectivity index (χ1) is 11.3. The maximum absolute atomic E-state index is 12.8. The number of nitrogens with one attached hydrogen (secondary N) is 1. The number of carbonyl (C=O) groups is 1. The Balaban J connectivity index is 1.78. The molecule has 2 N–H and O–H groups in total. The minimum atomic E-state index is -0.909. The number of aromatic nitrogens is 1. The fourth-order valence-corrected chi connectivity index (χ4v) is 1.82. The fourth-order valence-electron chi connectivity index (χ4n) is 1.82. The molecular weight excluding hydrogens is 315 g/mol. The SMILES string of the molecule is CC(C)(C)c1cc(C(=O)NCC(O)COc2ccc(F)cc2)no1. The summed E-state index contributed by atoms with van der Waals surface area (Å²) < 4.78 is 23.2. The molecule has 2 rings (SSSR count). The van der Waals surface area contributed by atoms with Crippen LogP contribution in [-0.4, -0.2) is 35.4 Å². The minimum Gasteiger partial charge on any atom is -0.491 e. The highest BCUT2D eigenvalue weighted by Crippen LogP contribution is 2.22. The van der Waals surface area contributed by atoms with Crippen molar-refractivity contribution >= 4 is 5.91 Å². The molecule has 0 radical (unpaired) electrons. The van der Waals surface area contributed by atoms with Crippen molar-refractivity contribution in [1.82, 2.24) is 10.5 Å². The third-order valence-corrected chi connectivity index (χ3v) is 3.24. The van der Waals surface area contributed by atoms with E-state index < -0.39 is 12.0 Å². The average Bonchev–Trinajstić information content (AvgIpc) is 3.02. The second-order valence-corrected chi connectivity index (χ2v) is 6.46. The van der Waals surface area contributed by atoms with Crippen LogP contribution in [0.5, 0.6) is 5.75 Å². The van der Waals surface area contributed by atoms with Gasteiger partial charge < -0.3 is 19.7 Å². The van der Waals surface area contributed by atoms with E-state index >= 15 is 0 Å². The van der Waals surface area contributed by atoms with E-state index in [1.807, 2.05) is 20.8 Å². The van der Waals surface area contributed by atoms with Gasteiger partial charge in [-0.05, 0) is 24.3 Å². The number of hydrogen-bond donors (Lipinski definition) is 2. The van der Waals surface area contributed by atoms with Gasteiger partial charge in [0.1, 0.15) is 30.0 Å². The highest BCUT2D eigenvalue weighted by Gasteiger charge is 2.22. The lowest BCUT2D eigenvalue weighted by atomic mass is 9.93. The molecule has 1 aromatic carbocycles. The number of hydrogen-bond acceptors (Lipinski definition) is 5. The highest BCUT2D eigenvalue weighted by molar-refractivity contribution is 5.92. The zero-order valence-corrected chi connectivity index (χ0v) is 13.9. The van der Waals surface area contributed by atoms with Crippen LogP contribution in [0.25, 0.3) is 0 Å². The molecule has 0 saturated heterocycles. The van der Waals surface area contributed by atoms with E-state index in [1.165, 1.54) is 24.3 Å². The van der Waals surface area contributed by atoms with Crippen LogP contribution in [-0.2, 0) is 5.41 Å². The Morgan fingerprint density at radius 2 is 2.04 bits per heavy atom. The van der Waals surface area contributed by atoms with Gasteiger partial charge in [-0.3, -0.25) is 4.79 Å². The quantitative estimate of drug-likeness (QED) is 0.845. The Labute approximate surface area is 139 Å². The third kappa shape index (κ3) is 5.06. The smallest absolute Gasteiger partial charge is 0.273 e. The van der Waals surface area contributed by atoms with Crippen LogP contribution in [0.2, 0.25) is 0 Å². The average molecular weight is 336 g/mol. The first-order valence-electron chi connectivity index (χ1n) is 7.57. The normalized spacial score (nSPS) is 12.7. The molecule has 0 aliphatic heterocycles. The van der Waals surface area contributed by atoms with Crippen LogP contribution in [0, 0.1) is 5.82 Å². The Morgan fingerprint density at radius 1 is 1.38 bits per heavy atom. The van der Waals surface area contributed by atoms with E-state index in [2.05, 4.69) is 10.5 Å². The number of amides is 1. The third-order valence-electron chi connectivity index (χ3n) is 3.24. The predicted octanol–water partition coefficient (Wildman–Crippen LogP) is 2.28. The zero-order valence-electron chi connectivity index (χ0n) is 13.9.